The van der Waals surface area contributed by atoms with Crippen LogP contribution in [0.15, 0.2) is 30.3 Å². The molecular formula is C21H34N2O3. The molecule has 1 aromatic carbocycles. The summed E-state index contributed by atoms with van der Waals surface area (Å²) >= 11 is 0. The summed E-state index contributed by atoms with van der Waals surface area (Å²) in [6.07, 6.45) is 2.29. The van der Waals surface area contributed by atoms with E-state index in [4.69, 9.17) is 9.47 Å². The van der Waals surface area contributed by atoms with Crippen molar-refractivity contribution in [2.75, 3.05) is 46.6 Å². The molecule has 1 aliphatic rings. The van der Waals surface area contributed by atoms with Crippen LogP contribution >= 0.6 is 0 Å². The zero-order chi connectivity index (χ0) is 18.8. The number of amides is 1. The summed E-state index contributed by atoms with van der Waals surface area (Å²) in [6, 6.07) is 11.1. The van der Waals surface area contributed by atoms with Gasteiger partial charge >= 0.3 is 0 Å². The molecule has 1 fully saturated rings. The highest BCUT2D eigenvalue weighted by molar-refractivity contribution is 5.76. The molecule has 0 N–H and O–H groups in total. The van der Waals surface area contributed by atoms with Crippen molar-refractivity contribution >= 4 is 5.91 Å². The van der Waals surface area contributed by atoms with Crippen LogP contribution in [0.25, 0.3) is 0 Å². The third kappa shape index (κ3) is 6.71. The van der Waals surface area contributed by atoms with Crippen LogP contribution in [0.3, 0.4) is 0 Å². The Hall–Kier alpha value is -1.43. The number of benzene rings is 1. The van der Waals surface area contributed by atoms with E-state index in [1.165, 1.54) is 5.56 Å². The highest BCUT2D eigenvalue weighted by Gasteiger charge is 2.30. The number of piperazine rings is 1. The van der Waals surface area contributed by atoms with E-state index in [1.807, 2.05) is 23.1 Å². The van der Waals surface area contributed by atoms with E-state index in [0.29, 0.717) is 31.7 Å². The van der Waals surface area contributed by atoms with Crippen LogP contribution in [0.1, 0.15) is 32.3 Å². The summed E-state index contributed by atoms with van der Waals surface area (Å²) in [5.41, 5.74) is 1.29. The van der Waals surface area contributed by atoms with Gasteiger partial charge in [0.2, 0.25) is 5.91 Å². The van der Waals surface area contributed by atoms with Gasteiger partial charge in [-0.2, -0.15) is 0 Å². The van der Waals surface area contributed by atoms with Gasteiger partial charge in [-0.3, -0.25) is 9.69 Å². The van der Waals surface area contributed by atoms with Crippen LogP contribution in [0, 0.1) is 0 Å². The van der Waals surface area contributed by atoms with Gasteiger partial charge < -0.3 is 14.4 Å². The van der Waals surface area contributed by atoms with E-state index in [2.05, 4.69) is 30.9 Å². The minimum absolute atomic E-state index is 0.252. The summed E-state index contributed by atoms with van der Waals surface area (Å²) in [5, 5.41) is 0. The van der Waals surface area contributed by atoms with E-state index in [1.54, 1.807) is 7.11 Å². The number of nitrogens with zero attached hydrogens (tertiary/aromatic N) is 2. The fraction of sp³-hybridized carbons (Fsp3) is 0.667. The number of carbonyl (C=O) groups is 1. The third-order valence-electron chi connectivity index (χ3n) is 5.07. The molecule has 5 heteroatoms. The molecule has 5 nitrogen and oxygen atoms in total. The van der Waals surface area contributed by atoms with Crippen molar-refractivity contribution in [3.05, 3.63) is 35.9 Å². The first-order valence-corrected chi connectivity index (χ1v) is 9.76. The van der Waals surface area contributed by atoms with Gasteiger partial charge in [0.1, 0.15) is 0 Å². The first-order chi connectivity index (χ1) is 12.6. The van der Waals surface area contributed by atoms with Gasteiger partial charge in [-0.1, -0.05) is 30.3 Å². The van der Waals surface area contributed by atoms with Crippen molar-refractivity contribution in [3.8, 4) is 0 Å². The molecule has 1 aromatic rings. The van der Waals surface area contributed by atoms with E-state index in [-0.39, 0.29) is 5.91 Å². The first-order valence-electron chi connectivity index (χ1n) is 9.76. The molecule has 1 heterocycles. The fourth-order valence-corrected chi connectivity index (χ4v) is 3.62. The average molecular weight is 363 g/mol. The van der Waals surface area contributed by atoms with Crippen molar-refractivity contribution in [1.82, 2.24) is 9.80 Å². The number of carbonyl (C=O) groups excluding carboxylic acids is 1. The summed E-state index contributed by atoms with van der Waals surface area (Å²) in [4.78, 5) is 16.9. The average Bonchev–Trinajstić information content (AvgIpc) is 2.64. The summed E-state index contributed by atoms with van der Waals surface area (Å²) in [5.74, 6) is 0.252. The number of ether oxygens (including phenoxy) is 2. The Kier molecular flexibility index (Phi) is 9.09. The molecule has 0 aromatic heterocycles. The van der Waals surface area contributed by atoms with E-state index in [9.17, 15) is 4.79 Å². The lowest BCUT2D eigenvalue weighted by molar-refractivity contribution is -0.136. The molecular weight excluding hydrogens is 328 g/mol. The quantitative estimate of drug-likeness (QED) is 0.600. The van der Waals surface area contributed by atoms with Crippen LogP contribution in [0.4, 0.5) is 0 Å². The Labute approximate surface area is 158 Å². The van der Waals surface area contributed by atoms with Crippen LogP contribution in [-0.2, 0) is 20.7 Å². The van der Waals surface area contributed by atoms with Gasteiger partial charge in [0, 0.05) is 51.9 Å². The van der Waals surface area contributed by atoms with Crippen molar-refractivity contribution in [1.29, 1.82) is 0 Å². The van der Waals surface area contributed by atoms with Gasteiger partial charge in [-0.25, -0.2) is 0 Å². The summed E-state index contributed by atoms with van der Waals surface area (Å²) < 4.78 is 10.9. The predicted molar refractivity (Wildman–Crippen MR) is 104 cm³/mol. The Balaban J connectivity index is 1.61. The molecule has 0 spiro atoms. The molecule has 146 valence electrons. The Morgan fingerprint density at radius 3 is 2.42 bits per heavy atom. The SMILES string of the molecule is COCCN1C(C)CN(C(=O)CCCOCCc2ccccc2)CC1C. The second-order valence-electron chi connectivity index (χ2n) is 7.18. The number of hydrogen-bond acceptors (Lipinski definition) is 4. The normalized spacial score (nSPS) is 21.1. The van der Waals surface area contributed by atoms with Crippen molar-refractivity contribution in [3.63, 3.8) is 0 Å². The smallest absolute Gasteiger partial charge is 0.222 e. The third-order valence-corrected chi connectivity index (χ3v) is 5.07. The summed E-state index contributed by atoms with van der Waals surface area (Å²) in [7, 11) is 1.73. The highest BCUT2D eigenvalue weighted by atomic mass is 16.5. The number of rotatable bonds is 10. The lowest BCUT2D eigenvalue weighted by Crippen LogP contribution is -2.58. The van der Waals surface area contributed by atoms with Gasteiger partial charge in [-0.15, -0.1) is 0 Å². The van der Waals surface area contributed by atoms with Crippen molar-refractivity contribution < 1.29 is 14.3 Å². The zero-order valence-corrected chi connectivity index (χ0v) is 16.5. The molecule has 0 saturated carbocycles. The molecule has 0 aliphatic carbocycles. The minimum Gasteiger partial charge on any atom is -0.383 e. The van der Waals surface area contributed by atoms with Gasteiger partial charge in [0.05, 0.1) is 13.2 Å². The Bertz CT molecular complexity index is 511. The highest BCUT2D eigenvalue weighted by Crippen LogP contribution is 2.16. The molecule has 2 rings (SSSR count). The predicted octanol–water partition coefficient (Wildman–Crippen LogP) is 2.59. The van der Waals surface area contributed by atoms with Crippen LogP contribution in [0.5, 0.6) is 0 Å². The van der Waals surface area contributed by atoms with Gasteiger partial charge in [0.25, 0.3) is 0 Å². The summed E-state index contributed by atoms with van der Waals surface area (Å²) in [6.45, 7) is 9.03. The maximum atomic E-state index is 12.5. The molecule has 1 amide bonds. The van der Waals surface area contributed by atoms with E-state index in [0.717, 1.165) is 39.1 Å². The largest absolute Gasteiger partial charge is 0.383 e. The topological polar surface area (TPSA) is 42.0 Å². The van der Waals surface area contributed by atoms with E-state index < -0.39 is 0 Å². The fourth-order valence-electron chi connectivity index (χ4n) is 3.62. The minimum atomic E-state index is 0.252. The Morgan fingerprint density at radius 1 is 1.08 bits per heavy atom. The lowest BCUT2D eigenvalue weighted by Gasteiger charge is -2.44. The second-order valence-corrected chi connectivity index (χ2v) is 7.18. The lowest BCUT2D eigenvalue weighted by atomic mass is 10.1. The molecule has 2 unspecified atom stereocenters. The molecule has 0 bridgehead atoms. The first kappa shape index (κ1) is 20.9. The molecule has 0 radical (unpaired) electrons. The maximum Gasteiger partial charge on any atom is 0.222 e. The number of methoxy groups -OCH3 is 1. The van der Waals surface area contributed by atoms with Gasteiger partial charge in [-0.05, 0) is 32.3 Å². The zero-order valence-electron chi connectivity index (χ0n) is 16.5. The van der Waals surface area contributed by atoms with Crippen molar-refractivity contribution in [2.45, 2.75) is 45.2 Å². The monoisotopic (exact) mass is 362 g/mol. The molecule has 26 heavy (non-hydrogen) atoms. The Morgan fingerprint density at radius 2 is 1.77 bits per heavy atom. The van der Waals surface area contributed by atoms with Crippen LogP contribution in [-0.4, -0.2) is 74.4 Å². The molecule has 2 atom stereocenters. The second kappa shape index (κ2) is 11.3. The molecule has 1 saturated heterocycles. The van der Waals surface area contributed by atoms with Crippen LogP contribution < -0.4 is 0 Å². The molecule has 1 aliphatic heterocycles. The standard InChI is InChI=1S/C21H34N2O3/c1-18-16-22(17-19(2)23(18)12-15-25-3)21(24)10-7-13-26-14-11-20-8-5-4-6-9-20/h4-6,8-9,18-19H,7,10-17H2,1-3H3. The van der Waals surface area contributed by atoms with E-state index >= 15 is 0 Å². The maximum absolute atomic E-state index is 12.5. The van der Waals surface area contributed by atoms with Crippen molar-refractivity contribution in [2.24, 2.45) is 0 Å². The number of hydrogen-bond donors (Lipinski definition) is 0. The van der Waals surface area contributed by atoms with Crippen LogP contribution in [0.2, 0.25) is 0 Å². The van der Waals surface area contributed by atoms with Gasteiger partial charge in [0.15, 0.2) is 0 Å².